The van der Waals surface area contributed by atoms with Crippen molar-refractivity contribution >= 4 is 35.6 Å². The van der Waals surface area contributed by atoms with Crippen molar-refractivity contribution in [2.24, 2.45) is 0 Å². The molecule has 4 aromatic rings. The normalized spacial score (nSPS) is 11.9. The van der Waals surface area contributed by atoms with Crippen LogP contribution in [0, 0.1) is 0 Å². The molecule has 0 fully saturated rings. The van der Waals surface area contributed by atoms with Crippen LogP contribution < -0.4 is 20.1 Å². The summed E-state index contributed by atoms with van der Waals surface area (Å²) in [5.41, 5.74) is 3.89. The van der Waals surface area contributed by atoms with Crippen LogP contribution in [0.2, 0.25) is 0 Å². The zero-order valence-corrected chi connectivity index (χ0v) is 34.5. The van der Waals surface area contributed by atoms with Crippen LogP contribution in [0.15, 0.2) is 134 Å². The standard InChI is InChI=1S/C47H54N2O10S/c1-2-45(52)55-30-15-24-46(53)59-39(34-57-43-23-12-10-21-41(43)37-18-7-4-8-19-37)35-60-31-14-13-27-49-32-38(58-47(54)26-29-48-28-25-44(50)51)33-56-42-22-11-9-20-40(42)36-16-5-3-6-17-36/h2-12,16-23,25,28,38-39,48-49H,1,13-15,24,26-27,29-35H2,(H,50,51). The molecule has 0 aliphatic heterocycles. The van der Waals surface area contributed by atoms with Gasteiger partial charge in [-0.15, -0.1) is 0 Å². The van der Waals surface area contributed by atoms with Gasteiger partial charge in [0.15, 0.2) is 0 Å². The molecule has 4 aromatic carbocycles. The predicted molar refractivity (Wildman–Crippen MR) is 234 cm³/mol. The molecule has 0 radical (unpaired) electrons. The fraction of sp³-hybridized carbons (Fsp3) is 0.319. The van der Waals surface area contributed by atoms with E-state index in [1.165, 1.54) is 6.20 Å². The third kappa shape index (κ3) is 18.3. The zero-order valence-electron chi connectivity index (χ0n) is 33.7. The summed E-state index contributed by atoms with van der Waals surface area (Å²) in [6.45, 7) is 5.03. The highest BCUT2D eigenvalue weighted by atomic mass is 32.2. The highest BCUT2D eigenvalue weighted by Crippen LogP contribution is 2.31. The van der Waals surface area contributed by atoms with Gasteiger partial charge in [-0.25, -0.2) is 9.59 Å². The van der Waals surface area contributed by atoms with Crippen molar-refractivity contribution in [2.75, 3.05) is 51.0 Å². The number of hydrogen-bond acceptors (Lipinski definition) is 12. The number of rotatable bonds is 29. The number of carbonyl (C=O) groups is 4. The Morgan fingerprint density at radius 1 is 0.683 bits per heavy atom. The van der Waals surface area contributed by atoms with E-state index in [0.717, 1.165) is 53.0 Å². The van der Waals surface area contributed by atoms with Gasteiger partial charge in [-0.3, -0.25) is 9.59 Å². The number of ether oxygens (including phenoxy) is 5. The average Bonchev–Trinajstić information content (AvgIpc) is 3.27. The summed E-state index contributed by atoms with van der Waals surface area (Å²) in [4.78, 5) is 47.6. The van der Waals surface area contributed by atoms with Gasteiger partial charge in [-0.05, 0) is 54.8 Å². The molecular formula is C47H54N2O10S. The van der Waals surface area contributed by atoms with Crippen LogP contribution in [0.5, 0.6) is 11.5 Å². The van der Waals surface area contributed by atoms with Crippen molar-refractivity contribution < 1.29 is 48.0 Å². The first-order chi connectivity index (χ1) is 29.3. The Morgan fingerprint density at radius 2 is 1.25 bits per heavy atom. The van der Waals surface area contributed by atoms with E-state index < -0.39 is 36.1 Å². The van der Waals surface area contributed by atoms with E-state index in [9.17, 15) is 19.2 Å². The molecule has 2 atom stereocenters. The molecule has 0 heterocycles. The monoisotopic (exact) mass is 838 g/mol. The van der Waals surface area contributed by atoms with E-state index in [1.54, 1.807) is 11.8 Å². The molecule has 318 valence electrons. The molecule has 0 aromatic heterocycles. The summed E-state index contributed by atoms with van der Waals surface area (Å²) in [6.07, 6.45) is 4.43. The SMILES string of the molecule is C=CC(=O)OCCCC(=O)OC(COc1ccccc1-c1ccccc1)CSCCCCNCC(COc1ccccc1-c1ccccc1)OC(=O)CCNC=CC(=O)O. The number of esters is 3. The van der Waals surface area contributed by atoms with E-state index in [2.05, 4.69) is 17.2 Å². The quantitative estimate of drug-likeness (QED) is 0.0214. The van der Waals surface area contributed by atoms with E-state index >= 15 is 0 Å². The van der Waals surface area contributed by atoms with Crippen molar-refractivity contribution in [3.63, 3.8) is 0 Å². The van der Waals surface area contributed by atoms with Gasteiger partial charge in [0.1, 0.15) is 36.9 Å². The lowest BCUT2D eigenvalue weighted by Gasteiger charge is -2.21. The predicted octanol–water partition coefficient (Wildman–Crippen LogP) is 7.49. The minimum absolute atomic E-state index is 0.0460. The van der Waals surface area contributed by atoms with E-state index in [-0.39, 0.29) is 39.2 Å². The summed E-state index contributed by atoms with van der Waals surface area (Å²) >= 11 is 1.67. The maximum Gasteiger partial charge on any atom is 0.330 e. The fourth-order valence-corrected chi connectivity index (χ4v) is 6.77. The Bertz CT molecular complexity index is 1940. The summed E-state index contributed by atoms with van der Waals surface area (Å²) < 4.78 is 29.1. The molecule has 0 bridgehead atoms. The largest absolute Gasteiger partial charge is 0.489 e. The third-order valence-electron chi connectivity index (χ3n) is 8.71. The lowest BCUT2D eigenvalue weighted by atomic mass is 10.1. The Labute approximate surface area is 356 Å². The molecule has 0 amide bonds. The second kappa shape index (κ2) is 27.6. The minimum atomic E-state index is -1.09. The number of hydrogen-bond donors (Lipinski definition) is 3. The van der Waals surface area contributed by atoms with Crippen LogP contribution in [-0.2, 0) is 33.4 Å². The van der Waals surface area contributed by atoms with Crippen LogP contribution in [0.25, 0.3) is 22.3 Å². The van der Waals surface area contributed by atoms with Crippen molar-refractivity contribution in [2.45, 2.75) is 44.3 Å². The maximum atomic E-state index is 12.8. The molecule has 0 saturated carbocycles. The second-order valence-electron chi connectivity index (χ2n) is 13.4. The Kier molecular flexibility index (Phi) is 21.5. The minimum Gasteiger partial charge on any atom is -0.489 e. The number of para-hydroxylation sites is 2. The van der Waals surface area contributed by atoms with Gasteiger partial charge in [0.05, 0.1) is 13.0 Å². The highest BCUT2D eigenvalue weighted by Gasteiger charge is 2.19. The number of carboxylic acids is 1. The molecule has 0 aliphatic rings. The maximum absolute atomic E-state index is 12.8. The summed E-state index contributed by atoms with van der Waals surface area (Å²) in [5, 5.41) is 14.9. The van der Waals surface area contributed by atoms with Gasteiger partial charge in [-0.2, -0.15) is 11.8 Å². The van der Waals surface area contributed by atoms with Crippen LogP contribution in [0.1, 0.15) is 32.1 Å². The molecule has 13 heteroatoms. The number of nitrogens with one attached hydrogen (secondary N) is 2. The van der Waals surface area contributed by atoms with Gasteiger partial charge in [0, 0.05) is 54.7 Å². The van der Waals surface area contributed by atoms with Gasteiger partial charge < -0.3 is 39.4 Å². The second-order valence-corrected chi connectivity index (χ2v) is 14.6. The molecule has 0 saturated heterocycles. The first-order valence-corrected chi connectivity index (χ1v) is 21.1. The summed E-state index contributed by atoms with van der Waals surface area (Å²) in [5.74, 6) is 0.251. The molecular weight excluding hydrogens is 785 g/mol. The van der Waals surface area contributed by atoms with Crippen LogP contribution >= 0.6 is 11.8 Å². The number of thioether (sulfide) groups is 1. The molecule has 12 nitrogen and oxygen atoms in total. The van der Waals surface area contributed by atoms with E-state index in [0.29, 0.717) is 36.8 Å². The van der Waals surface area contributed by atoms with Gasteiger partial charge >= 0.3 is 23.9 Å². The number of unbranched alkanes of at least 4 members (excludes halogenated alkanes) is 1. The van der Waals surface area contributed by atoms with Gasteiger partial charge in [-0.1, -0.05) is 104 Å². The van der Waals surface area contributed by atoms with Crippen molar-refractivity contribution in [1.82, 2.24) is 10.6 Å². The lowest BCUT2D eigenvalue weighted by Crippen LogP contribution is -2.36. The van der Waals surface area contributed by atoms with Crippen LogP contribution in [-0.4, -0.2) is 92.2 Å². The Morgan fingerprint density at radius 3 is 1.87 bits per heavy atom. The number of benzene rings is 4. The first kappa shape index (κ1) is 46.6. The summed E-state index contributed by atoms with van der Waals surface area (Å²) in [7, 11) is 0. The molecule has 60 heavy (non-hydrogen) atoms. The Hall–Kier alpha value is -6.05. The summed E-state index contributed by atoms with van der Waals surface area (Å²) in [6, 6.07) is 35.3. The smallest absolute Gasteiger partial charge is 0.330 e. The van der Waals surface area contributed by atoms with E-state index in [4.69, 9.17) is 28.8 Å². The van der Waals surface area contributed by atoms with Gasteiger partial charge in [0.2, 0.25) is 0 Å². The van der Waals surface area contributed by atoms with E-state index in [1.807, 2.05) is 109 Å². The number of carbonyl (C=O) groups excluding carboxylic acids is 3. The molecule has 0 aliphatic carbocycles. The first-order valence-electron chi connectivity index (χ1n) is 20.0. The molecule has 0 spiro atoms. The van der Waals surface area contributed by atoms with Gasteiger partial charge in [0.25, 0.3) is 0 Å². The fourth-order valence-electron chi connectivity index (χ4n) is 5.77. The van der Waals surface area contributed by atoms with Crippen molar-refractivity contribution in [3.05, 3.63) is 134 Å². The average molecular weight is 839 g/mol. The lowest BCUT2D eigenvalue weighted by molar-refractivity contribution is -0.151. The van der Waals surface area contributed by atoms with Crippen LogP contribution in [0.4, 0.5) is 0 Å². The Balaban J connectivity index is 1.26. The third-order valence-corrected chi connectivity index (χ3v) is 9.90. The number of aliphatic carboxylic acids is 1. The molecule has 4 rings (SSSR count). The molecule has 3 N–H and O–H groups in total. The molecule has 2 unspecified atom stereocenters. The number of carboxylic acid groups (broad SMARTS) is 1. The zero-order chi connectivity index (χ0) is 42.6. The highest BCUT2D eigenvalue weighted by molar-refractivity contribution is 7.99. The van der Waals surface area contributed by atoms with Crippen LogP contribution in [0.3, 0.4) is 0 Å². The topological polar surface area (TPSA) is 159 Å². The van der Waals surface area contributed by atoms with Crippen molar-refractivity contribution in [3.8, 4) is 33.8 Å². The van der Waals surface area contributed by atoms with Crippen molar-refractivity contribution in [1.29, 1.82) is 0 Å².